The van der Waals surface area contributed by atoms with Gasteiger partial charge in [-0.2, -0.15) is 0 Å². The van der Waals surface area contributed by atoms with Crippen molar-refractivity contribution < 1.29 is 21.6 Å². The first kappa shape index (κ1) is 25.2. The van der Waals surface area contributed by atoms with Crippen LogP contribution >= 0.6 is 0 Å². The molecule has 1 fully saturated rings. The Morgan fingerprint density at radius 3 is 1.91 bits per heavy atom. The maximum Gasteiger partial charge on any atom is 0.261 e. The van der Waals surface area contributed by atoms with Gasteiger partial charge in [-0.15, -0.1) is 0 Å². The van der Waals surface area contributed by atoms with E-state index in [1.807, 2.05) is 0 Å². The van der Waals surface area contributed by atoms with Crippen molar-refractivity contribution in [1.82, 2.24) is 4.72 Å². The van der Waals surface area contributed by atoms with Crippen LogP contribution < -0.4 is 14.8 Å². The van der Waals surface area contributed by atoms with Crippen LogP contribution in [0.4, 0.5) is 11.4 Å². The maximum absolute atomic E-state index is 12.7. The van der Waals surface area contributed by atoms with Gasteiger partial charge in [0, 0.05) is 23.3 Å². The second-order valence-electron chi connectivity index (χ2n) is 9.27. The van der Waals surface area contributed by atoms with Gasteiger partial charge in [0.05, 0.1) is 9.64 Å². The Bertz CT molecular complexity index is 1160. The molecule has 0 unspecified atom stereocenters. The molecule has 1 aliphatic carbocycles. The number of carbonyl (C=O) groups is 1. The number of carbonyl (C=O) groups excluding carboxylic acids is 1. The van der Waals surface area contributed by atoms with Crippen molar-refractivity contribution in [2.45, 2.75) is 62.1 Å². The molecular formula is C23H31N3O5S2. The van der Waals surface area contributed by atoms with Crippen LogP contribution in [0.5, 0.6) is 0 Å². The number of benzene rings is 2. The standard InChI is InChI=1S/C23H31N3O5S2/c1-23(2,3)33(30,31)26-20-11-9-17(10-12-20)22(27)24-18-13-15-19(16-14-18)25-32(28,29)21-7-5-4-6-8-21/h4-8,13-17,20,25-26H,9-12H2,1-3H3,(H,24,27). The molecule has 0 aromatic heterocycles. The molecule has 0 atom stereocenters. The summed E-state index contributed by atoms with van der Waals surface area (Å²) in [7, 11) is -7.10. The van der Waals surface area contributed by atoms with Crippen LogP contribution in [0.3, 0.4) is 0 Å². The van der Waals surface area contributed by atoms with Crippen LogP contribution in [-0.2, 0) is 24.8 Å². The molecule has 0 heterocycles. The lowest BCUT2D eigenvalue weighted by Crippen LogP contribution is -2.46. The topological polar surface area (TPSA) is 121 Å². The summed E-state index contributed by atoms with van der Waals surface area (Å²) >= 11 is 0. The lowest BCUT2D eigenvalue weighted by molar-refractivity contribution is -0.120. The molecule has 8 nitrogen and oxygen atoms in total. The predicted octanol–water partition coefficient (Wildman–Crippen LogP) is 3.70. The quantitative estimate of drug-likeness (QED) is 0.543. The van der Waals surface area contributed by atoms with Crippen molar-refractivity contribution in [2.24, 2.45) is 5.92 Å². The van der Waals surface area contributed by atoms with Gasteiger partial charge >= 0.3 is 0 Å². The van der Waals surface area contributed by atoms with Crippen molar-refractivity contribution in [2.75, 3.05) is 10.0 Å². The Kier molecular flexibility index (Phi) is 7.50. The van der Waals surface area contributed by atoms with E-state index in [9.17, 15) is 21.6 Å². The molecule has 0 bridgehead atoms. The van der Waals surface area contributed by atoms with Crippen molar-refractivity contribution in [1.29, 1.82) is 0 Å². The fraction of sp³-hybridized carbons (Fsp3) is 0.435. The minimum atomic E-state index is -3.68. The highest BCUT2D eigenvalue weighted by Gasteiger charge is 2.34. The van der Waals surface area contributed by atoms with Gasteiger partial charge in [-0.05, 0) is 82.9 Å². The molecular weight excluding hydrogens is 462 g/mol. The first-order valence-corrected chi connectivity index (χ1v) is 13.8. The maximum atomic E-state index is 12.7. The number of anilines is 2. The van der Waals surface area contributed by atoms with Gasteiger partial charge in [-0.1, -0.05) is 18.2 Å². The van der Waals surface area contributed by atoms with Crippen molar-refractivity contribution in [3.63, 3.8) is 0 Å². The second kappa shape index (κ2) is 9.82. The highest BCUT2D eigenvalue weighted by Crippen LogP contribution is 2.28. The summed E-state index contributed by atoms with van der Waals surface area (Å²) in [5, 5.41) is 2.87. The summed E-state index contributed by atoms with van der Waals surface area (Å²) in [5.74, 6) is -0.318. The van der Waals surface area contributed by atoms with Gasteiger partial charge in [0.2, 0.25) is 15.9 Å². The summed E-state index contributed by atoms with van der Waals surface area (Å²) in [6, 6.07) is 14.4. The van der Waals surface area contributed by atoms with Gasteiger partial charge in [0.1, 0.15) is 0 Å². The molecule has 2 aromatic rings. The van der Waals surface area contributed by atoms with Crippen molar-refractivity contribution >= 4 is 37.3 Å². The van der Waals surface area contributed by atoms with Gasteiger partial charge in [-0.3, -0.25) is 9.52 Å². The number of hydrogen-bond acceptors (Lipinski definition) is 5. The summed E-state index contributed by atoms with van der Waals surface area (Å²) in [5.41, 5.74) is 0.960. The van der Waals surface area contributed by atoms with Crippen LogP contribution in [0.2, 0.25) is 0 Å². The molecule has 3 N–H and O–H groups in total. The Morgan fingerprint density at radius 2 is 1.36 bits per heavy atom. The zero-order chi connectivity index (χ0) is 24.3. The highest BCUT2D eigenvalue weighted by atomic mass is 32.2. The van der Waals surface area contributed by atoms with E-state index in [4.69, 9.17) is 0 Å². The zero-order valence-electron chi connectivity index (χ0n) is 19.0. The molecule has 0 spiro atoms. The minimum Gasteiger partial charge on any atom is -0.326 e. The summed E-state index contributed by atoms with van der Waals surface area (Å²) in [6.45, 7) is 4.98. The number of amides is 1. The Labute approximate surface area is 196 Å². The third-order valence-corrected chi connectivity index (χ3v) is 9.34. The highest BCUT2D eigenvalue weighted by molar-refractivity contribution is 7.92. The van der Waals surface area contributed by atoms with Gasteiger partial charge in [0.25, 0.3) is 10.0 Å². The lowest BCUT2D eigenvalue weighted by atomic mass is 9.86. The molecule has 1 saturated carbocycles. The minimum absolute atomic E-state index is 0.121. The Hall–Kier alpha value is -2.43. The van der Waals surface area contributed by atoms with Crippen LogP contribution in [0, 0.1) is 5.92 Å². The van der Waals surface area contributed by atoms with E-state index in [0.29, 0.717) is 37.1 Å². The lowest BCUT2D eigenvalue weighted by Gasteiger charge is -2.30. The molecule has 0 aliphatic heterocycles. The average molecular weight is 494 g/mol. The van der Waals surface area contributed by atoms with Crippen molar-refractivity contribution in [3.8, 4) is 0 Å². The van der Waals surface area contributed by atoms with Crippen LogP contribution in [-0.4, -0.2) is 33.5 Å². The van der Waals surface area contributed by atoms with E-state index in [2.05, 4.69) is 14.8 Å². The fourth-order valence-electron chi connectivity index (χ4n) is 3.55. The Balaban J connectivity index is 1.52. The average Bonchev–Trinajstić information content (AvgIpc) is 2.75. The first-order valence-electron chi connectivity index (χ1n) is 10.9. The number of sulfonamides is 2. The molecule has 0 saturated heterocycles. The van der Waals surface area contributed by atoms with Gasteiger partial charge in [-0.25, -0.2) is 21.6 Å². The number of hydrogen-bond donors (Lipinski definition) is 3. The first-order chi connectivity index (χ1) is 15.4. The van der Waals surface area contributed by atoms with Crippen LogP contribution in [0.1, 0.15) is 46.5 Å². The van der Waals surface area contributed by atoms with Gasteiger partial charge < -0.3 is 5.32 Å². The summed E-state index contributed by atoms with van der Waals surface area (Å²) < 4.78 is 53.9. The molecule has 180 valence electrons. The number of nitrogens with one attached hydrogen (secondary N) is 3. The summed E-state index contributed by atoms with van der Waals surface area (Å²) in [6.07, 6.45) is 2.40. The molecule has 10 heteroatoms. The third kappa shape index (κ3) is 6.55. The number of rotatable bonds is 7. The van der Waals surface area contributed by atoms with Crippen LogP contribution in [0.15, 0.2) is 59.5 Å². The molecule has 1 amide bonds. The summed E-state index contributed by atoms with van der Waals surface area (Å²) in [4.78, 5) is 12.8. The third-order valence-electron chi connectivity index (χ3n) is 5.68. The molecule has 0 radical (unpaired) electrons. The zero-order valence-corrected chi connectivity index (χ0v) is 20.7. The SMILES string of the molecule is CC(C)(C)S(=O)(=O)NC1CCC(C(=O)Nc2ccc(NS(=O)(=O)c3ccccc3)cc2)CC1. The molecule has 3 rings (SSSR count). The predicted molar refractivity (Wildman–Crippen MR) is 130 cm³/mol. The molecule has 33 heavy (non-hydrogen) atoms. The van der Waals surface area contributed by atoms with Gasteiger partial charge in [0.15, 0.2) is 0 Å². The fourth-order valence-corrected chi connectivity index (χ4v) is 5.66. The van der Waals surface area contributed by atoms with E-state index >= 15 is 0 Å². The Morgan fingerprint density at radius 1 is 0.818 bits per heavy atom. The normalized spacial score (nSPS) is 19.6. The van der Waals surface area contributed by atoms with E-state index in [0.717, 1.165) is 0 Å². The van der Waals surface area contributed by atoms with E-state index < -0.39 is 24.8 Å². The van der Waals surface area contributed by atoms with E-state index in [1.54, 1.807) is 63.2 Å². The molecule has 2 aromatic carbocycles. The second-order valence-corrected chi connectivity index (χ2v) is 13.4. The monoisotopic (exact) mass is 493 g/mol. The largest absolute Gasteiger partial charge is 0.326 e. The van der Waals surface area contributed by atoms with Crippen molar-refractivity contribution in [3.05, 3.63) is 54.6 Å². The smallest absolute Gasteiger partial charge is 0.261 e. The van der Waals surface area contributed by atoms with E-state index in [1.165, 1.54) is 12.1 Å². The van der Waals surface area contributed by atoms with E-state index in [-0.39, 0.29) is 22.8 Å². The molecule has 1 aliphatic rings. The van der Waals surface area contributed by atoms with Crippen LogP contribution in [0.25, 0.3) is 0 Å².